The van der Waals surface area contributed by atoms with Gasteiger partial charge in [0.1, 0.15) is 11.6 Å². The molecule has 1 aromatic heterocycles. The van der Waals surface area contributed by atoms with Crippen LogP contribution in [-0.2, 0) is 0 Å². The van der Waals surface area contributed by atoms with Gasteiger partial charge in [0.05, 0.1) is 24.3 Å². The summed E-state index contributed by atoms with van der Waals surface area (Å²) in [6.45, 7) is 1.22. The molecule has 1 heterocycles. The smallest absolute Gasteiger partial charge is 0.392 e. The van der Waals surface area contributed by atoms with Crippen LogP contribution >= 0.6 is 0 Å². The minimum atomic E-state index is -4.34. The van der Waals surface area contributed by atoms with Gasteiger partial charge in [0.25, 0.3) is 5.91 Å². The first-order valence-electron chi connectivity index (χ1n) is 7.46. The van der Waals surface area contributed by atoms with Crippen LogP contribution in [0.3, 0.4) is 0 Å². The van der Waals surface area contributed by atoms with Crippen molar-refractivity contribution in [2.75, 3.05) is 11.9 Å². The summed E-state index contributed by atoms with van der Waals surface area (Å²) in [7, 11) is 0. The van der Waals surface area contributed by atoms with Gasteiger partial charge in [-0.1, -0.05) is 11.6 Å². The van der Waals surface area contributed by atoms with Crippen molar-refractivity contribution in [1.82, 2.24) is 4.98 Å². The highest BCUT2D eigenvalue weighted by atomic mass is 19.4. The van der Waals surface area contributed by atoms with E-state index in [2.05, 4.69) is 10.3 Å². The van der Waals surface area contributed by atoms with Gasteiger partial charge in [-0.05, 0) is 25.1 Å². The van der Waals surface area contributed by atoms with E-state index in [9.17, 15) is 22.8 Å². The molecule has 1 aromatic carbocycles. The van der Waals surface area contributed by atoms with Crippen LogP contribution in [0.4, 0.5) is 23.8 Å². The highest BCUT2D eigenvalue weighted by molar-refractivity contribution is 6.03. The summed E-state index contributed by atoms with van der Waals surface area (Å²) in [6.07, 6.45) is -5.44. The molecule has 2 aromatic rings. The molecule has 140 valence electrons. The third-order valence-corrected chi connectivity index (χ3v) is 3.40. The first-order chi connectivity index (χ1) is 12.1. The molecule has 3 amide bonds. The maximum Gasteiger partial charge on any atom is 0.392 e. The molecule has 0 spiro atoms. The van der Waals surface area contributed by atoms with Crippen LogP contribution in [0.5, 0.6) is 5.75 Å². The summed E-state index contributed by atoms with van der Waals surface area (Å²) in [5.41, 5.74) is 11.8. The summed E-state index contributed by atoms with van der Waals surface area (Å²) < 4.78 is 42.2. The summed E-state index contributed by atoms with van der Waals surface area (Å²) in [5, 5.41) is 2.23. The van der Waals surface area contributed by atoms with Crippen molar-refractivity contribution >= 4 is 17.8 Å². The predicted octanol–water partition coefficient (Wildman–Crippen LogP) is 2.91. The number of carbonyl (C=O) groups excluding carboxylic acids is 2. The topological polar surface area (TPSA) is 123 Å². The lowest BCUT2D eigenvalue weighted by Gasteiger charge is -2.13. The number of H-pyrrole nitrogens is 1. The molecule has 0 radical (unpaired) electrons. The Labute approximate surface area is 146 Å². The van der Waals surface area contributed by atoms with Crippen LogP contribution in [0, 0.1) is 6.92 Å². The van der Waals surface area contributed by atoms with Crippen LogP contribution in [-0.4, -0.2) is 29.7 Å². The SMILES string of the molecule is Cc1ccc(OCCC(F)(F)F)c(-c2cc(C(N)=O)c(NC(N)=O)[nH]2)c1. The van der Waals surface area contributed by atoms with Crippen LogP contribution in [0.25, 0.3) is 11.3 Å². The molecule has 0 bridgehead atoms. The molecule has 26 heavy (non-hydrogen) atoms. The molecular formula is C16H17F3N4O3. The number of rotatable bonds is 6. The fourth-order valence-electron chi connectivity index (χ4n) is 2.27. The van der Waals surface area contributed by atoms with E-state index in [0.717, 1.165) is 5.56 Å². The molecule has 6 N–H and O–H groups in total. The molecular weight excluding hydrogens is 353 g/mol. The Hall–Kier alpha value is -3.17. The van der Waals surface area contributed by atoms with E-state index in [0.29, 0.717) is 11.3 Å². The van der Waals surface area contributed by atoms with Gasteiger partial charge in [0.15, 0.2) is 0 Å². The van der Waals surface area contributed by atoms with Gasteiger partial charge in [-0.3, -0.25) is 10.1 Å². The van der Waals surface area contributed by atoms with E-state index >= 15 is 0 Å². The number of hydrogen-bond donors (Lipinski definition) is 4. The van der Waals surface area contributed by atoms with Gasteiger partial charge in [-0.15, -0.1) is 0 Å². The Bertz CT molecular complexity index is 831. The van der Waals surface area contributed by atoms with E-state index in [1.165, 1.54) is 12.1 Å². The Morgan fingerprint density at radius 1 is 1.23 bits per heavy atom. The molecule has 0 saturated carbocycles. The number of alkyl halides is 3. The largest absolute Gasteiger partial charge is 0.493 e. The third-order valence-electron chi connectivity index (χ3n) is 3.40. The zero-order valence-electron chi connectivity index (χ0n) is 13.7. The molecule has 0 atom stereocenters. The Balaban J connectivity index is 2.39. The molecule has 0 fully saturated rings. The van der Waals surface area contributed by atoms with Crippen molar-refractivity contribution in [2.45, 2.75) is 19.5 Å². The van der Waals surface area contributed by atoms with E-state index in [1.807, 2.05) is 0 Å². The van der Waals surface area contributed by atoms with Crippen molar-refractivity contribution in [3.63, 3.8) is 0 Å². The first-order valence-corrected chi connectivity index (χ1v) is 7.46. The maximum absolute atomic E-state index is 12.3. The quantitative estimate of drug-likeness (QED) is 0.625. The molecule has 0 saturated heterocycles. The third kappa shape index (κ3) is 4.91. The number of ether oxygens (including phenoxy) is 1. The second-order valence-corrected chi connectivity index (χ2v) is 5.54. The zero-order chi connectivity index (χ0) is 19.5. The number of urea groups is 1. The minimum Gasteiger partial charge on any atom is -0.493 e. The standard InChI is InChI=1S/C16H17F3N4O3/c1-8-2-3-12(26-5-4-16(17,18)19)9(6-8)11-7-10(13(20)24)14(22-11)23-15(21)25/h2-3,6-7,22H,4-5H2,1H3,(H2,20,24)(H3,21,23,25). The summed E-state index contributed by atoms with van der Waals surface area (Å²) >= 11 is 0. The normalized spacial score (nSPS) is 11.2. The maximum atomic E-state index is 12.3. The van der Waals surface area contributed by atoms with E-state index in [4.69, 9.17) is 16.2 Å². The number of nitrogens with one attached hydrogen (secondary N) is 2. The van der Waals surface area contributed by atoms with Crippen LogP contribution in [0.1, 0.15) is 22.3 Å². The van der Waals surface area contributed by atoms with E-state index in [-0.39, 0.29) is 17.1 Å². The Morgan fingerprint density at radius 2 is 1.92 bits per heavy atom. The second-order valence-electron chi connectivity index (χ2n) is 5.54. The summed E-state index contributed by atoms with van der Waals surface area (Å²) in [4.78, 5) is 25.4. The number of aromatic amines is 1. The zero-order valence-corrected chi connectivity index (χ0v) is 13.7. The fourth-order valence-corrected chi connectivity index (χ4v) is 2.27. The molecule has 0 aliphatic rings. The predicted molar refractivity (Wildman–Crippen MR) is 88.9 cm³/mol. The Kier molecular flexibility index (Phi) is 5.44. The fraction of sp³-hybridized carbons (Fsp3) is 0.250. The van der Waals surface area contributed by atoms with Gasteiger partial charge in [0.2, 0.25) is 0 Å². The molecule has 2 rings (SSSR count). The van der Waals surface area contributed by atoms with Crippen molar-refractivity contribution in [1.29, 1.82) is 0 Å². The average Bonchev–Trinajstić information content (AvgIpc) is 2.90. The van der Waals surface area contributed by atoms with Gasteiger partial charge in [0, 0.05) is 5.56 Å². The lowest BCUT2D eigenvalue weighted by atomic mass is 10.1. The number of primary amides is 2. The minimum absolute atomic E-state index is 0.0113. The van der Waals surface area contributed by atoms with Crippen LogP contribution in [0.15, 0.2) is 24.3 Å². The van der Waals surface area contributed by atoms with Gasteiger partial charge in [-0.25, -0.2) is 4.79 Å². The van der Waals surface area contributed by atoms with Crippen molar-refractivity contribution in [3.8, 4) is 17.0 Å². The lowest BCUT2D eigenvalue weighted by molar-refractivity contribution is -0.139. The molecule has 0 unspecified atom stereocenters. The van der Waals surface area contributed by atoms with Gasteiger partial charge in [-0.2, -0.15) is 13.2 Å². The number of aryl methyl sites for hydroxylation is 1. The number of halogens is 3. The number of carbonyl (C=O) groups is 2. The monoisotopic (exact) mass is 370 g/mol. The van der Waals surface area contributed by atoms with E-state index in [1.54, 1.807) is 19.1 Å². The highest BCUT2D eigenvalue weighted by Gasteiger charge is 2.27. The van der Waals surface area contributed by atoms with Crippen LogP contribution in [0.2, 0.25) is 0 Å². The van der Waals surface area contributed by atoms with E-state index < -0.39 is 31.1 Å². The number of aromatic nitrogens is 1. The summed E-state index contributed by atoms with van der Waals surface area (Å²) in [6, 6.07) is 5.30. The Morgan fingerprint density at radius 3 is 2.50 bits per heavy atom. The number of nitrogens with two attached hydrogens (primary N) is 2. The van der Waals surface area contributed by atoms with Crippen molar-refractivity contribution < 1.29 is 27.5 Å². The summed E-state index contributed by atoms with van der Waals surface area (Å²) in [5.74, 6) is -0.645. The first kappa shape index (κ1) is 19.2. The number of anilines is 1. The molecule has 0 aliphatic heterocycles. The van der Waals surface area contributed by atoms with Crippen molar-refractivity contribution in [3.05, 3.63) is 35.4 Å². The van der Waals surface area contributed by atoms with Gasteiger partial charge >= 0.3 is 12.2 Å². The van der Waals surface area contributed by atoms with Gasteiger partial charge < -0.3 is 21.2 Å². The van der Waals surface area contributed by atoms with Crippen LogP contribution < -0.4 is 21.5 Å². The molecule has 0 aliphatic carbocycles. The molecule has 10 heteroatoms. The molecule has 7 nitrogen and oxygen atoms in total. The highest BCUT2D eigenvalue weighted by Crippen LogP contribution is 2.33. The second kappa shape index (κ2) is 7.38. The van der Waals surface area contributed by atoms with Crippen molar-refractivity contribution in [2.24, 2.45) is 11.5 Å². The average molecular weight is 370 g/mol. The number of amides is 3. The number of hydrogen-bond acceptors (Lipinski definition) is 3. The lowest BCUT2D eigenvalue weighted by Crippen LogP contribution is -2.22. The number of benzene rings is 1.